The fourth-order valence-electron chi connectivity index (χ4n) is 1.81. The molecule has 0 amide bonds. The van der Waals surface area contributed by atoms with Crippen molar-refractivity contribution in [3.05, 3.63) is 42.0 Å². The summed E-state index contributed by atoms with van der Waals surface area (Å²) in [7, 11) is 2.13. The topological polar surface area (TPSA) is 15.3 Å². The second-order valence-corrected chi connectivity index (χ2v) is 4.20. The smallest absolute Gasteiger partial charge is 0.0393 e. The number of nitrogens with one attached hydrogen (secondary N) is 1. The van der Waals surface area contributed by atoms with E-state index >= 15 is 0 Å². The number of aryl methyl sites for hydroxylation is 2. The van der Waals surface area contributed by atoms with E-state index in [2.05, 4.69) is 55.9 Å². The Morgan fingerprint density at radius 2 is 2.12 bits per heavy atom. The highest BCUT2D eigenvalue weighted by atomic mass is 15.1. The first kappa shape index (κ1) is 12.8. The molecule has 16 heavy (non-hydrogen) atoms. The van der Waals surface area contributed by atoms with Crippen molar-refractivity contribution in [2.75, 3.05) is 31.6 Å². The van der Waals surface area contributed by atoms with E-state index in [1.165, 1.54) is 16.8 Å². The number of benzene rings is 1. The molecule has 1 rings (SSSR count). The van der Waals surface area contributed by atoms with Crippen molar-refractivity contribution in [3.63, 3.8) is 0 Å². The molecular formula is C14H22N2. The zero-order chi connectivity index (χ0) is 12.0. The molecule has 88 valence electrons. The molecule has 1 N–H and O–H groups in total. The van der Waals surface area contributed by atoms with Gasteiger partial charge in [0.05, 0.1) is 0 Å². The molecule has 0 saturated heterocycles. The van der Waals surface area contributed by atoms with E-state index in [9.17, 15) is 0 Å². The van der Waals surface area contributed by atoms with Crippen molar-refractivity contribution in [2.24, 2.45) is 0 Å². The van der Waals surface area contributed by atoms with E-state index in [1.54, 1.807) is 0 Å². The third-order valence-electron chi connectivity index (χ3n) is 2.68. The largest absolute Gasteiger partial charge is 0.373 e. The first-order valence-electron chi connectivity index (χ1n) is 5.75. The van der Waals surface area contributed by atoms with Crippen LogP contribution >= 0.6 is 0 Å². The quantitative estimate of drug-likeness (QED) is 0.583. The number of nitrogens with zero attached hydrogens (tertiary/aromatic N) is 1. The van der Waals surface area contributed by atoms with Crippen molar-refractivity contribution >= 4 is 5.69 Å². The molecule has 0 unspecified atom stereocenters. The summed E-state index contributed by atoms with van der Waals surface area (Å²) in [5, 5.41) is 3.31. The minimum absolute atomic E-state index is 0.876. The van der Waals surface area contributed by atoms with Crippen molar-refractivity contribution in [1.29, 1.82) is 0 Å². The van der Waals surface area contributed by atoms with Crippen LogP contribution in [0.4, 0.5) is 5.69 Å². The zero-order valence-corrected chi connectivity index (χ0v) is 10.6. The predicted molar refractivity (Wildman–Crippen MR) is 72.3 cm³/mol. The number of rotatable bonds is 6. The Bertz CT molecular complexity index is 345. The Hall–Kier alpha value is -1.28. The summed E-state index contributed by atoms with van der Waals surface area (Å²) >= 11 is 0. The minimum Gasteiger partial charge on any atom is -0.373 e. The Balaban J connectivity index is 2.52. The highest BCUT2D eigenvalue weighted by Crippen LogP contribution is 2.19. The molecule has 2 nitrogen and oxygen atoms in total. The molecule has 0 heterocycles. The van der Waals surface area contributed by atoms with E-state index in [4.69, 9.17) is 0 Å². The fraction of sp³-hybridized carbons (Fsp3) is 0.429. The standard InChI is InChI=1S/C14H22N2/c1-5-8-15-9-10-16(4)14-7-6-12(2)11-13(14)3/h5-7,11,15H,1,8-10H2,2-4H3. The van der Waals surface area contributed by atoms with E-state index < -0.39 is 0 Å². The summed E-state index contributed by atoms with van der Waals surface area (Å²) in [6.07, 6.45) is 1.89. The molecule has 0 spiro atoms. The van der Waals surface area contributed by atoms with Gasteiger partial charge in [-0.15, -0.1) is 6.58 Å². The van der Waals surface area contributed by atoms with Gasteiger partial charge in [0.15, 0.2) is 0 Å². The Labute approximate surface area is 99.0 Å². The lowest BCUT2D eigenvalue weighted by atomic mass is 10.1. The maximum Gasteiger partial charge on any atom is 0.0393 e. The molecular weight excluding hydrogens is 196 g/mol. The molecule has 0 atom stereocenters. The van der Waals surface area contributed by atoms with E-state index in [0.717, 1.165) is 19.6 Å². The second-order valence-electron chi connectivity index (χ2n) is 4.20. The monoisotopic (exact) mass is 218 g/mol. The van der Waals surface area contributed by atoms with Crippen LogP contribution in [-0.4, -0.2) is 26.7 Å². The lowest BCUT2D eigenvalue weighted by Crippen LogP contribution is -2.29. The summed E-state index contributed by atoms with van der Waals surface area (Å²) in [6, 6.07) is 6.58. The van der Waals surface area contributed by atoms with Gasteiger partial charge in [0, 0.05) is 32.4 Å². The predicted octanol–water partition coefficient (Wildman–Crippen LogP) is 2.52. The summed E-state index contributed by atoms with van der Waals surface area (Å²) in [6.45, 7) is 10.8. The summed E-state index contributed by atoms with van der Waals surface area (Å²) in [5.74, 6) is 0. The highest BCUT2D eigenvalue weighted by Gasteiger charge is 2.03. The van der Waals surface area contributed by atoms with Gasteiger partial charge in [-0.1, -0.05) is 23.8 Å². The molecule has 1 aromatic rings. The third-order valence-corrected chi connectivity index (χ3v) is 2.68. The molecule has 0 radical (unpaired) electrons. The number of anilines is 1. The van der Waals surface area contributed by atoms with Gasteiger partial charge in [0.1, 0.15) is 0 Å². The van der Waals surface area contributed by atoms with Gasteiger partial charge in [-0.2, -0.15) is 0 Å². The molecule has 0 aromatic heterocycles. The van der Waals surface area contributed by atoms with Gasteiger partial charge >= 0.3 is 0 Å². The molecule has 0 aliphatic heterocycles. The average Bonchev–Trinajstić information content (AvgIpc) is 2.24. The first-order chi connectivity index (χ1) is 7.65. The van der Waals surface area contributed by atoms with Crippen LogP contribution in [0.25, 0.3) is 0 Å². The van der Waals surface area contributed by atoms with Crippen LogP contribution in [0.3, 0.4) is 0 Å². The van der Waals surface area contributed by atoms with Gasteiger partial charge < -0.3 is 10.2 Å². The SMILES string of the molecule is C=CCNCCN(C)c1ccc(C)cc1C. The highest BCUT2D eigenvalue weighted by molar-refractivity contribution is 5.53. The Morgan fingerprint density at radius 3 is 2.75 bits per heavy atom. The Morgan fingerprint density at radius 1 is 1.38 bits per heavy atom. The summed E-state index contributed by atoms with van der Waals surface area (Å²) < 4.78 is 0. The maximum atomic E-state index is 3.68. The van der Waals surface area contributed by atoms with E-state index in [-0.39, 0.29) is 0 Å². The fourth-order valence-corrected chi connectivity index (χ4v) is 1.81. The van der Waals surface area contributed by atoms with Crippen molar-refractivity contribution in [1.82, 2.24) is 5.32 Å². The van der Waals surface area contributed by atoms with Crippen LogP contribution in [-0.2, 0) is 0 Å². The molecule has 0 fully saturated rings. The van der Waals surface area contributed by atoms with Gasteiger partial charge in [0.25, 0.3) is 0 Å². The first-order valence-corrected chi connectivity index (χ1v) is 5.75. The zero-order valence-electron chi connectivity index (χ0n) is 10.6. The lowest BCUT2D eigenvalue weighted by molar-refractivity contribution is 0.729. The molecule has 0 bridgehead atoms. The second kappa shape index (κ2) is 6.33. The average molecular weight is 218 g/mol. The van der Waals surface area contributed by atoms with Gasteiger partial charge in [-0.25, -0.2) is 0 Å². The number of hydrogen-bond acceptors (Lipinski definition) is 2. The van der Waals surface area contributed by atoms with Crippen LogP contribution in [0.5, 0.6) is 0 Å². The normalized spacial score (nSPS) is 10.2. The van der Waals surface area contributed by atoms with Crippen molar-refractivity contribution < 1.29 is 0 Å². The molecule has 2 heteroatoms. The number of likely N-dealkylation sites (N-methyl/N-ethyl adjacent to an activating group) is 1. The molecule has 1 aromatic carbocycles. The van der Waals surface area contributed by atoms with Gasteiger partial charge in [-0.05, 0) is 25.5 Å². The summed E-state index contributed by atoms with van der Waals surface area (Å²) in [5.41, 5.74) is 3.97. The van der Waals surface area contributed by atoms with Crippen molar-refractivity contribution in [2.45, 2.75) is 13.8 Å². The molecule has 0 saturated carbocycles. The maximum absolute atomic E-state index is 3.68. The van der Waals surface area contributed by atoms with Gasteiger partial charge in [-0.3, -0.25) is 0 Å². The minimum atomic E-state index is 0.876. The number of hydrogen-bond donors (Lipinski definition) is 1. The lowest BCUT2D eigenvalue weighted by Gasteiger charge is -2.21. The van der Waals surface area contributed by atoms with E-state index in [1.807, 2.05) is 6.08 Å². The Kier molecular flexibility index (Phi) is 5.06. The summed E-state index contributed by atoms with van der Waals surface area (Å²) in [4.78, 5) is 2.28. The van der Waals surface area contributed by atoms with Crippen LogP contribution in [0.1, 0.15) is 11.1 Å². The van der Waals surface area contributed by atoms with Crippen LogP contribution < -0.4 is 10.2 Å². The van der Waals surface area contributed by atoms with Crippen LogP contribution in [0.2, 0.25) is 0 Å². The van der Waals surface area contributed by atoms with Gasteiger partial charge in [0.2, 0.25) is 0 Å². The van der Waals surface area contributed by atoms with Crippen LogP contribution in [0, 0.1) is 13.8 Å². The molecule has 0 aliphatic rings. The van der Waals surface area contributed by atoms with Crippen LogP contribution in [0.15, 0.2) is 30.9 Å². The third kappa shape index (κ3) is 3.70. The van der Waals surface area contributed by atoms with E-state index in [0.29, 0.717) is 0 Å². The molecule has 0 aliphatic carbocycles. The van der Waals surface area contributed by atoms with Crippen molar-refractivity contribution in [3.8, 4) is 0 Å².